The fraction of sp³-hybridized carbons (Fsp3) is 0.316. The predicted octanol–water partition coefficient (Wildman–Crippen LogP) is 3.58. The number of nitrogens with zero attached hydrogens (tertiary/aromatic N) is 2. The van der Waals surface area contributed by atoms with Crippen LogP contribution in [0.2, 0.25) is 5.02 Å². The van der Waals surface area contributed by atoms with Crippen LogP contribution in [0.5, 0.6) is 0 Å². The fourth-order valence-corrected chi connectivity index (χ4v) is 3.28. The second-order valence-corrected chi connectivity index (χ2v) is 6.53. The lowest BCUT2D eigenvalue weighted by Crippen LogP contribution is -2.35. The second-order valence-electron chi connectivity index (χ2n) is 6.10. The molecule has 3 aliphatic rings. The molecular weight excluding hydrogens is 356 g/mol. The van der Waals surface area contributed by atoms with Crippen LogP contribution in [0.25, 0.3) is 0 Å². The SMILES string of the molecule is CON=C(C(=O)OC)C1=CC2=[N+](C(C)c3cccc(Cl)c3)OC1=C(C)C2. The van der Waals surface area contributed by atoms with Crippen LogP contribution in [0.1, 0.15) is 31.9 Å². The molecule has 136 valence electrons. The third-order valence-corrected chi connectivity index (χ3v) is 4.60. The van der Waals surface area contributed by atoms with Crippen molar-refractivity contribution in [3.63, 3.8) is 0 Å². The lowest BCUT2D eigenvalue weighted by Gasteiger charge is -2.25. The number of oxime groups is 1. The van der Waals surface area contributed by atoms with Gasteiger partial charge in [-0.1, -0.05) is 28.9 Å². The quantitative estimate of drug-likeness (QED) is 0.341. The monoisotopic (exact) mass is 375 g/mol. The van der Waals surface area contributed by atoms with Crippen LogP contribution in [-0.4, -0.2) is 36.4 Å². The van der Waals surface area contributed by atoms with Gasteiger partial charge in [0.05, 0.1) is 19.1 Å². The normalized spacial score (nSPS) is 17.7. The molecule has 0 radical (unpaired) electrons. The molecule has 1 aromatic carbocycles. The number of hydrogen-bond acceptors (Lipinski definition) is 5. The molecule has 7 heteroatoms. The average molecular weight is 376 g/mol. The molecule has 1 aliphatic carbocycles. The summed E-state index contributed by atoms with van der Waals surface area (Å²) in [7, 11) is 2.69. The molecule has 0 spiro atoms. The number of hydroxylamine groups is 1. The zero-order valence-corrected chi connectivity index (χ0v) is 15.8. The Hall–Kier alpha value is -2.60. The van der Waals surface area contributed by atoms with Crippen LogP contribution in [0, 0.1) is 0 Å². The van der Waals surface area contributed by atoms with Gasteiger partial charge >= 0.3 is 5.97 Å². The number of ether oxygens (including phenoxy) is 1. The molecule has 0 amide bonds. The molecule has 4 rings (SSSR count). The van der Waals surface area contributed by atoms with Gasteiger partial charge in [-0.25, -0.2) is 9.63 Å². The molecule has 26 heavy (non-hydrogen) atoms. The number of esters is 1. The average Bonchev–Trinajstić information content (AvgIpc) is 2.64. The van der Waals surface area contributed by atoms with Gasteiger partial charge in [0.25, 0.3) is 0 Å². The second kappa shape index (κ2) is 7.33. The molecule has 1 unspecified atom stereocenters. The molecule has 0 aromatic heterocycles. The van der Waals surface area contributed by atoms with Crippen molar-refractivity contribution in [2.45, 2.75) is 26.3 Å². The van der Waals surface area contributed by atoms with Crippen molar-refractivity contribution in [1.29, 1.82) is 0 Å². The number of halogens is 1. The van der Waals surface area contributed by atoms with Gasteiger partial charge in [-0.05, 0) is 29.4 Å². The molecule has 0 saturated heterocycles. The summed E-state index contributed by atoms with van der Waals surface area (Å²) < 4.78 is 6.64. The Labute approximate surface area is 156 Å². The van der Waals surface area contributed by atoms with Crippen LogP contribution in [0.15, 0.2) is 52.4 Å². The van der Waals surface area contributed by atoms with Crippen molar-refractivity contribution in [3.8, 4) is 0 Å². The number of benzene rings is 1. The Morgan fingerprint density at radius 1 is 1.38 bits per heavy atom. The van der Waals surface area contributed by atoms with Crippen molar-refractivity contribution < 1.29 is 23.9 Å². The molecular formula is C19H20ClN2O4+. The van der Waals surface area contributed by atoms with Gasteiger partial charge in [0.15, 0.2) is 5.71 Å². The lowest BCUT2D eigenvalue weighted by molar-refractivity contribution is -0.803. The third kappa shape index (κ3) is 3.24. The zero-order chi connectivity index (χ0) is 18.8. The first-order valence-corrected chi connectivity index (χ1v) is 8.54. The van der Waals surface area contributed by atoms with Gasteiger partial charge in [-0.2, -0.15) is 0 Å². The highest BCUT2D eigenvalue weighted by Gasteiger charge is 2.41. The summed E-state index contributed by atoms with van der Waals surface area (Å²) in [4.78, 5) is 23.0. The van der Waals surface area contributed by atoms with Crippen molar-refractivity contribution >= 4 is 29.0 Å². The van der Waals surface area contributed by atoms with E-state index in [4.69, 9.17) is 26.0 Å². The Bertz CT molecular complexity index is 883. The number of allylic oxidation sites excluding steroid dienone is 3. The van der Waals surface area contributed by atoms with Gasteiger partial charge in [-0.15, -0.1) is 0 Å². The summed E-state index contributed by atoms with van der Waals surface area (Å²) in [5.74, 6) is 0.0136. The number of fused-ring (bicyclic) bond motifs is 2. The first-order chi connectivity index (χ1) is 12.5. The van der Waals surface area contributed by atoms with Crippen LogP contribution in [0.4, 0.5) is 0 Å². The highest BCUT2D eigenvalue weighted by molar-refractivity contribution is 6.45. The van der Waals surface area contributed by atoms with Gasteiger partial charge < -0.3 is 9.57 Å². The molecule has 2 bridgehead atoms. The van der Waals surface area contributed by atoms with E-state index in [1.807, 2.05) is 48.9 Å². The Morgan fingerprint density at radius 2 is 2.15 bits per heavy atom. The standard InChI is InChI=1S/C19H20ClN2O4/c1-11-8-15-10-16(17(21-25-4)19(23)24-3)18(11)26-22(15)12(2)13-6-5-7-14(20)9-13/h5-7,9-10,12H,8H2,1-4H3/q+1. The molecule has 0 fully saturated rings. The maximum atomic E-state index is 12.1. The minimum atomic E-state index is -0.579. The van der Waals surface area contributed by atoms with Crippen molar-refractivity contribution in [2.24, 2.45) is 5.16 Å². The molecule has 2 heterocycles. The van der Waals surface area contributed by atoms with E-state index < -0.39 is 5.97 Å². The summed E-state index contributed by atoms with van der Waals surface area (Å²) in [6.07, 6.45) is 2.62. The number of hydrogen-bond donors (Lipinski definition) is 0. The van der Waals surface area contributed by atoms with Gasteiger partial charge in [-0.3, -0.25) is 0 Å². The summed E-state index contributed by atoms with van der Waals surface area (Å²) in [5.41, 5.74) is 3.61. The van der Waals surface area contributed by atoms with E-state index in [9.17, 15) is 4.79 Å². The van der Waals surface area contributed by atoms with E-state index in [-0.39, 0.29) is 11.8 Å². The summed E-state index contributed by atoms with van der Waals surface area (Å²) in [6, 6.07) is 7.61. The molecule has 1 aromatic rings. The number of carbonyl (C=O) groups is 1. The van der Waals surface area contributed by atoms with E-state index in [0.29, 0.717) is 16.4 Å². The minimum Gasteiger partial charge on any atom is -0.464 e. The van der Waals surface area contributed by atoms with Gasteiger partial charge in [0.1, 0.15) is 7.11 Å². The largest absolute Gasteiger partial charge is 0.464 e. The molecule has 0 N–H and O–H groups in total. The summed E-state index contributed by atoms with van der Waals surface area (Å²) in [6.45, 7) is 4.00. The van der Waals surface area contributed by atoms with Crippen LogP contribution in [-0.2, 0) is 19.2 Å². The Kier molecular flexibility index (Phi) is 5.13. The molecule has 0 saturated carbocycles. The van der Waals surface area contributed by atoms with Gasteiger partial charge in [0.2, 0.25) is 17.5 Å². The summed E-state index contributed by atoms with van der Waals surface area (Å²) >= 11 is 6.11. The van der Waals surface area contributed by atoms with E-state index in [1.165, 1.54) is 14.2 Å². The van der Waals surface area contributed by atoms with E-state index in [0.717, 1.165) is 23.3 Å². The van der Waals surface area contributed by atoms with Crippen LogP contribution in [0.3, 0.4) is 0 Å². The zero-order valence-electron chi connectivity index (χ0n) is 15.1. The molecule has 1 atom stereocenters. The maximum absolute atomic E-state index is 12.1. The third-order valence-electron chi connectivity index (χ3n) is 4.36. The summed E-state index contributed by atoms with van der Waals surface area (Å²) in [5, 5.41) is 4.50. The van der Waals surface area contributed by atoms with E-state index >= 15 is 0 Å². The van der Waals surface area contributed by atoms with Crippen molar-refractivity contribution in [2.75, 3.05) is 14.2 Å². The highest BCUT2D eigenvalue weighted by Crippen LogP contribution is 2.34. The Balaban J connectivity index is 2.03. The predicted molar refractivity (Wildman–Crippen MR) is 98.1 cm³/mol. The maximum Gasteiger partial charge on any atom is 0.360 e. The first kappa shape index (κ1) is 18.2. The van der Waals surface area contributed by atoms with Crippen molar-refractivity contribution in [3.05, 3.63) is 57.8 Å². The topological polar surface area (TPSA) is 60.1 Å². The van der Waals surface area contributed by atoms with Crippen molar-refractivity contribution in [1.82, 2.24) is 0 Å². The number of rotatable bonds is 5. The van der Waals surface area contributed by atoms with Gasteiger partial charge in [0, 0.05) is 23.6 Å². The highest BCUT2D eigenvalue weighted by atomic mass is 35.5. The number of methoxy groups -OCH3 is 1. The minimum absolute atomic E-state index is 0.0504. The molecule has 6 nitrogen and oxygen atoms in total. The van der Waals surface area contributed by atoms with E-state index in [1.54, 1.807) is 0 Å². The number of carbonyl (C=O) groups excluding carboxylic acids is 1. The lowest BCUT2D eigenvalue weighted by atomic mass is 9.92. The van der Waals surface area contributed by atoms with E-state index in [2.05, 4.69) is 5.16 Å². The molecule has 2 aliphatic heterocycles. The van der Waals surface area contributed by atoms with Crippen LogP contribution >= 0.6 is 11.6 Å². The first-order valence-electron chi connectivity index (χ1n) is 8.16. The smallest absolute Gasteiger partial charge is 0.360 e. The van der Waals surface area contributed by atoms with Crippen LogP contribution < -0.4 is 0 Å². The Morgan fingerprint density at radius 3 is 2.77 bits per heavy atom. The fourth-order valence-electron chi connectivity index (χ4n) is 3.08.